The van der Waals surface area contributed by atoms with E-state index in [0.29, 0.717) is 22.4 Å². The Balaban J connectivity index is 1.98. The van der Waals surface area contributed by atoms with Gasteiger partial charge in [-0.1, -0.05) is 0 Å². The number of aromatic nitrogens is 1. The van der Waals surface area contributed by atoms with Gasteiger partial charge in [-0.25, -0.2) is 4.39 Å². The third-order valence-electron chi connectivity index (χ3n) is 4.04. The summed E-state index contributed by atoms with van der Waals surface area (Å²) >= 11 is 0. The number of rotatable bonds is 5. The smallest absolute Gasteiger partial charge is 0.182 e. The Kier molecular flexibility index (Phi) is 4.16. The predicted molar refractivity (Wildman–Crippen MR) is 89.3 cm³/mol. The number of hydrogen-bond donors (Lipinski definition) is 0. The Labute approximate surface area is 138 Å². The van der Waals surface area contributed by atoms with Crippen molar-refractivity contribution in [3.8, 4) is 5.75 Å². The van der Waals surface area contributed by atoms with Crippen LogP contribution >= 0.6 is 0 Å². The van der Waals surface area contributed by atoms with E-state index >= 15 is 0 Å². The van der Waals surface area contributed by atoms with Crippen molar-refractivity contribution < 1.29 is 18.7 Å². The minimum absolute atomic E-state index is 0.0712. The van der Waals surface area contributed by atoms with Gasteiger partial charge in [-0.3, -0.25) is 9.59 Å². The molecule has 0 unspecified atom stereocenters. The number of aldehydes is 1. The number of ether oxygens (including phenoxy) is 1. The van der Waals surface area contributed by atoms with Gasteiger partial charge < -0.3 is 9.30 Å². The van der Waals surface area contributed by atoms with Crippen LogP contribution in [-0.2, 0) is 6.54 Å². The second-order valence-electron chi connectivity index (χ2n) is 5.60. The van der Waals surface area contributed by atoms with E-state index in [2.05, 4.69) is 0 Å². The molecule has 0 fully saturated rings. The van der Waals surface area contributed by atoms with Gasteiger partial charge >= 0.3 is 0 Å². The molecule has 3 rings (SSSR count). The lowest BCUT2D eigenvalue weighted by atomic mass is 10.1. The SMILES string of the molecule is COc1ccc2c(c1)c(C=O)cn2CC(=O)c1ccc(F)c(C)c1. The molecule has 2 aromatic carbocycles. The highest BCUT2D eigenvalue weighted by Gasteiger charge is 2.14. The van der Waals surface area contributed by atoms with Gasteiger partial charge in [0.15, 0.2) is 12.1 Å². The van der Waals surface area contributed by atoms with Crippen molar-refractivity contribution >= 4 is 23.0 Å². The zero-order valence-corrected chi connectivity index (χ0v) is 13.4. The standard InChI is InChI=1S/C19H16FNO3/c1-12-7-13(3-5-17(12)20)19(23)10-21-9-14(11-22)16-8-15(24-2)4-6-18(16)21/h3-9,11H,10H2,1-2H3. The van der Waals surface area contributed by atoms with E-state index in [1.54, 1.807) is 36.9 Å². The lowest BCUT2D eigenvalue weighted by Crippen LogP contribution is -2.10. The minimum atomic E-state index is -0.340. The molecular formula is C19H16FNO3. The number of aryl methyl sites for hydroxylation is 1. The quantitative estimate of drug-likeness (QED) is 0.530. The van der Waals surface area contributed by atoms with Gasteiger partial charge in [0.25, 0.3) is 0 Å². The Morgan fingerprint density at radius 1 is 1.25 bits per heavy atom. The molecule has 0 spiro atoms. The molecule has 3 aromatic rings. The number of carbonyl (C=O) groups is 2. The second kappa shape index (κ2) is 6.28. The number of Topliss-reactive ketones (excluding diaryl/α,β-unsaturated/α-hetero) is 1. The summed E-state index contributed by atoms with van der Waals surface area (Å²) in [5.41, 5.74) is 2.13. The first-order valence-corrected chi connectivity index (χ1v) is 7.45. The van der Waals surface area contributed by atoms with Crippen LogP contribution in [-0.4, -0.2) is 23.7 Å². The van der Waals surface area contributed by atoms with Gasteiger partial charge in [-0.15, -0.1) is 0 Å². The number of carbonyl (C=O) groups excluding carboxylic acids is 2. The summed E-state index contributed by atoms with van der Waals surface area (Å²) in [6.07, 6.45) is 2.40. The van der Waals surface area contributed by atoms with E-state index in [4.69, 9.17) is 4.74 Å². The van der Waals surface area contributed by atoms with Crippen LogP contribution in [0.5, 0.6) is 5.75 Å². The van der Waals surface area contributed by atoms with Gasteiger partial charge in [-0.2, -0.15) is 0 Å². The predicted octanol–water partition coefficient (Wildman–Crippen LogP) is 3.79. The first-order valence-electron chi connectivity index (χ1n) is 7.45. The third kappa shape index (κ3) is 2.80. The number of benzene rings is 2. The number of hydrogen-bond acceptors (Lipinski definition) is 3. The molecule has 0 aliphatic carbocycles. The maximum absolute atomic E-state index is 13.4. The molecule has 0 aliphatic heterocycles. The van der Waals surface area contributed by atoms with E-state index in [0.717, 1.165) is 17.2 Å². The molecule has 1 aromatic heterocycles. The highest BCUT2D eigenvalue weighted by Crippen LogP contribution is 2.25. The van der Waals surface area contributed by atoms with Crippen LogP contribution in [0.3, 0.4) is 0 Å². The van der Waals surface area contributed by atoms with Crippen LogP contribution in [0.15, 0.2) is 42.6 Å². The van der Waals surface area contributed by atoms with Gasteiger partial charge in [-0.05, 0) is 48.9 Å². The molecule has 122 valence electrons. The lowest BCUT2D eigenvalue weighted by molar-refractivity contribution is 0.0972. The van der Waals surface area contributed by atoms with Crippen molar-refractivity contribution in [3.63, 3.8) is 0 Å². The average molecular weight is 325 g/mol. The number of ketones is 1. The first kappa shape index (κ1) is 15.9. The summed E-state index contributed by atoms with van der Waals surface area (Å²) in [7, 11) is 1.55. The van der Waals surface area contributed by atoms with Crippen molar-refractivity contribution in [2.24, 2.45) is 0 Å². The molecule has 0 aliphatic rings. The Morgan fingerprint density at radius 3 is 2.71 bits per heavy atom. The Bertz CT molecular complexity index is 943. The molecule has 0 saturated carbocycles. The highest BCUT2D eigenvalue weighted by atomic mass is 19.1. The zero-order valence-electron chi connectivity index (χ0n) is 13.4. The van der Waals surface area contributed by atoms with Crippen molar-refractivity contribution in [3.05, 3.63) is 65.1 Å². The largest absolute Gasteiger partial charge is 0.497 e. The molecule has 0 amide bonds. The number of fused-ring (bicyclic) bond motifs is 1. The summed E-state index contributed by atoms with van der Waals surface area (Å²) in [6, 6.07) is 9.65. The maximum Gasteiger partial charge on any atom is 0.182 e. The molecule has 0 N–H and O–H groups in total. The molecule has 0 saturated heterocycles. The molecule has 0 atom stereocenters. The van der Waals surface area contributed by atoms with Gasteiger partial charge in [0.2, 0.25) is 0 Å². The molecule has 0 radical (unpaired) electrons. The second-order valence-corrected chi connectivity index (χ2v) is 5.60. The molecule has 24 heavy (non-hydrogen) atoms. The molecule has 0 bridgehead atoms. The van der Waals surface area contributed by atoms with Crippen LogP contribution in [0.2, 0.25) is 0 Å². The summed E-state index contributed by atoms with van der Waals surface area (Å²) in [4.78, 5) is 23.8. The molecule has 4 nitrogen and oxygen atoms in total. The highest BCUT2D eigenvalue weighted by molar-refractivity contribution is 6.01. The zero-order chi connectivity index (χ0) is 17.3. The van der Waals surface area contributed by atoms with Crippen LogP contribution in [0.1, 0.15) is 26.3 Å². The van der Waals surface area contributed by atoms with Crippen molar-refractivity contribution in [2.75, 3.05) is 7.11 Å². The normalized spacial score (nSPS) is 10.8. The van der Waals surface area contributed by atoms with Gasteiger partial charge in [0, 0.05) is 28.2 Å². The van der Waals surface area contributed by atoms with Crippen LogP contribution in [0.25, 0.3) is 10.9 Å². The molecule has 5 heteroatoms. The van der Waals surface area contributed by atoms with E-state index in [1.165, 1.54) is 18.2 Å². The van der Waals surface area contributed by atoms with Crippen LogP contribution in [0, 0.1) is 12.7 Å². The monoisotopic (exact) mass is 325 g/mol. The fourth-order valence-electron chi connectivity index (χ4n) is 2.72. The van der Waals surface area contributed by atoms with E-state index < -0.39 is 0 Å². The van der Waals surface area contributed by atoms with Gasteiger partial charge in [0.1, 0.15) is 11.6 Å². The number of methoxy groups -OCH3 is 1. The first-order chi connectivity index (χ1) is 11.5. The van der Waals surface area contributed by atoms with E-state index in [-0.39, 0.29) is 18.1 Å². The van der Waals surface area contributed by atoms with E-state index in [1.807, 2.05) is 6.07 Å². The van der Waals surface area contributed by atoms with Crippen molar-refractivity contribution in [2.45, 2.75) is 13.5 Å². The minimum Gasteiger partial charge on any atom is -0.497 e. The Hall–Kier alpha value is -2.95. The van der Waals surface area contributed by atoms with Crippen molar-refractivity contribution in [1.29, 1.82) is 0 Å². The number of halogens is 1. The Morgan fingerprint density at radius 2 is 2.04 bits per heavy atom. The fourth-order valence-corrected chi connectivity index (χ4v) is 2.72. The summed E-state index contributed by atoms with van der Waals surface area (Å²) in [5.74, 6) is 0.153. The summed E-state index contributed by atoms with van der Waals surface area (Å²) in [6.45, 7) is 1.69. The summed E-state index contributed by atoms with van der Waals surface area (Å²) in [5, 5.41) is 0.729. The molecule has 1 heterocycles. The average Bonchev–Trinajstić information content (AvgIpc) is 2.94. The van der Waals surface area contributed by atoms with Crippen LogP contribution in [0.4, 0.5) is 4.39 Å². The fraction of sp³-hybridized carbons (Fsp3) is 0.158. The third-order valence-corrected chi connectivity index (χ3v) is 4.04. The van der Waals surface area contributed by atoms with Crippen LogP contribution < -0.4 is 4.74 Å². The van der Waals surface area contributed by atoms with Gasteiger partial charge in [0.05, 0.1) is 13.7 Å². The number of nitrogens with zero attached hydrogens (tertiary/aromatic N) is 1. The topological polar surface area (TPSA) is 48.3 Å². The maximum atomic E-state index is 13.4. The summed E-state index contributed by atoms with van der Waals surface area (Å²) < 4.78 is 20.3. The van der Waals surface area contributed by atoms with Crippen molar-refractivity contribution in [1.82, 2.24) is 4.57 Å². The van der Waals surface area contributed by atoms with E-state index in [9.17, 15) is 14.0 Å². The molecular weight excluding hydrogens is 309 g/mol. The lowest BCUT2D eigenvalue weighted by Gasteiger charge is -2.07.